The fraction of sp³-hybridized carbons (Fsp3) is 0.429. The summed E-state index contributed by atoms with van der Waals surface area (Å²) >= 11 is 0. The minimum atomic E-state index is 0.827. The second-order valence-electron chi connectivity index (χ2n) is 6.56. The van der Waals surface area contributed by atoms with Gasteiger partial charge in [-0.1, -0.05) is 55.7 Å². The lowest BCUT2D eigenvalue weighted by Gasteiger charge is -2.28. The van der Waals surface area contributed by atoms with Gasteiger partial charge in [0, 0.05) is 13.2 Å². The average Bonchev–Trinajstić information content (AvgIpc) is 2.75. The molecule has 0 bridgehead atoms. The van der Waals surface area contributed by atoms with Crippen molar-refractivity contribution >= 4 is 0 Å². The Morgan fingerprint density at radius 2 is 1.91 bits per heavy atom. The third-order valence-electron chi connectivity index (χ3n) is 5.13. The molecular weight excluding hydrogens is 266 g/mol. The molecule has 0 aliphatic heterocycles. The molecule has 0 aromatic heterocycles. The molecule has 1 heteroatoms. The molecule has 0 aromatic rings. The Morgan fingerprint density at radius 1 is 1.09 bits per heavy atom. The van der Waals surface area contributed by atoms with Crippen molar-refractivity contribution < 1.29 is 0 Å². The predicted molar refractivity (Wildman–Crippen MR) is 95.5 cm³/mol. The van der Waals surface area contributed by atoms with E-state index in [1.54, 1.807) is 5.57 Å². The van der Waals surface area contributed by atoms with Gasteiger partial charge in [-0.3, -0.25) is 0 Å². The monoisotopic (exact) mass is 293 g/mol. The molecule has 0 radical (unpaired) electrons. The molecule has 3 aliphatic carbocycles. The first-order chi connectivity index (χ1) is 10.8. The molecule has 0 spiro atoms. The van der Waals surface area contributed by atoms with E-state index in [0.29, 0.717) is 0 Å². The van der Waals surface area contributed by atoms with Crippen LogP contribution in [0.25, 0.3) is 0 Å². The Kier molecular flexibility index (Phi) is 4.82. The van der Waals surface area contributed by atoms with Crippen LogP contribution in [0.15, 0.2) is 71.0 Å². The SMILES string of the molecule is C=CC1=C/C(=C\NC)C=CC2=C1C=C(C1CCCCC1)CC2. The van der Waals surface area contributed by atoms with Crippen LogP contribution in [-0.2, 0) is 0 Å². The van der Waals surface area contributed by atoms with Crippen LogP contribution in [0.4, 0.5) is 0 Å². The van der Waals surface area contributed by atoms with Gasteiger partial charge in [0.05, 0.1) is 0 Å². The first kappa shape index (κ1) is 15.1. The zero-order valence-electron chi connectivity index (χ0n) is 13.7. The molecule has 0 unspecified atom stereocenters. The molecule has 1 saturated carbocycles. The number of hydrogen-bond acceptors (Lipinski definition) is 1. The van der Waals surface area contributed by atoms with Crippen LogP contribution < -0.4 is 5.32 Å². The van der Waals surface area contributed by atoms with Crippen molar-refractivity contribution in [2.45, 2.75) is 44.9 Å². The lowest BCUT2D eigenvalue weighted by atomic mass is 9.77. The molecule has 116 valence electrons. The average molecular weight is 293 g/mol. The van der Waals surface area contributed by atoms with Crippen molar-refractivity contribution in [2.75, 3.05) is 7.05 Å². The summed E-state index contributed by atoms with van der Waals surface area (Å²) in [5.74, 6) is 0.827. The predicted octanol–water partition coefficient (Wildman–Crippen LogP) is 5.37. The van der Waals surface area contributed by atoms with Crippen LogP contribution in [0.2, 0.25) is 0 Å². The van der Waals surface area contributed by atoms with Gasteiger partial charge in [0.25, 0.3) is 0 Å². The van der Waals surface area contributed by atoms with Crippen molar-refractivity contribution in [2.24, 2.45) is 5.92 Å². The maximum atomic E-state index is 4.04. The second kappa shape index (κ2) is 7.00. The van der Waals surface area contributed by atoms with Crippen LogP contribution in [-0.4, -0.2) is 7.05 Å². The van der Waals surface area contributed by atoms with Crippen molar-refractivity contribution in [1.29, 1.82) is 0 Å². The zero-order chi connectivity index (χ0) is 15.4. The number of allylic oxidation sites excluding steroid dienone is 10. The molecular formula is C21H27N. The van der Waals surface area contributed by atoms with Crippen LogP contribution in [0.5, 0.6) is 0 Å². The van der Waals surface area contributed by atoms with E-state index in [2.05, 4.69) is 36.2 Å². The fourth-order valence-electron chi connectivity index (χ4n) is 3.93. The van der Waals surface area contributed by atoms with E-state index in [0.717, 1.165) is 5.92 Å². The van der Waals surface area contributed by atoms with E-state index in [1.165, 1.54) is 67.2 Å². The van der Waals surface area contributed by atoms with Gasteiger partial charge in [0.1, 0.15) is 0 Å². The summed E-state index contributed by atoms with van der Waals surface area (Å²) in [7, 11) is 1.95. The summed E-state index contributed by atoms with van der Waals surface area (Å²) < 4.78 is 0. The molecule has 1 nitrogen and oxygen atoms in total. The lowest BCUT2D eigenvalue weighted by Crippen LogP contribution is -2.12. The molecule has 0 saturated heterocycles. The van der Waals surface area contributed by atoms with Gasteiger partial charge in [0.15, 0.2) is 0 Å². The fourth-order valence-corrected chi connectivity index (χ4v) is 3.93. The Labute approximate surface area is 134 Å². The highest BCUT2D eigenvalue weighted by Gasteiger charge is 2.22. The summed E-state index contributed by atoms with van der Waals surface area (Å²) in [4.78, 5) is 0. The maximum absolute atomic E-state index is 4.04. The van der Waals surface area contributed by atoms with E-state index in [-0.39, 0.29) is 0 Å². The van der Waals surface area contributed by atoms with Gasteiger partial charge >= 0.3 is 0 Å². The summed E-state index contributed by atoms with van der Waals surface area (Å²) in [6, 6.07) is 0. The van der Waals surface area contributed by atoms with Gasteiger partial charge < -0.3 is 5.32 Å². The molecule has 3 rings (SSSR count). The lowest BCUT2D eigenvalue weighted by molar-refractivity contribution is 0.394. The standard InChI is InChI=1S/C21H27N/c1-3-17-13-16(15-22-2)9-10-19-11-12-20(14-21(17)19)18-7-5-4-6-8-18/h3,9-10,13-15,18,22H,1,4-8,11-12H2,2H3/b16-15-. The number of rotatable bonds is 3. The molecule has 3 aliphatic rings. The third kappa shape index (κ3) is 3.19. The molecule has 0 amide bonds. The van der Waals surface area contributed by atoms with Crippen LogP contribution >= 0.6 is 0 Å². The van der Waals surface area contributed by atoms with Gasteiger partial charge in [-0.15, -0.1) is 0 Å². The van der Waals surface area contributed by atoms with Crippen molar-refractivity contribution in [3.05, 3.63) is 71.0 Å². The Balaban J connectivity index is 1.94. The summed E-state index contributed by atoms with van der Waals surface area (Å²) in [6.45, 7) is 4.04. The van der Waals surface area contributed by atoms with Crippen LogP contribution in [0.3, 0.4) is 0 Å². The second-order valence-corrected chi connectivity index (χ2v) is 6.56. The van der Waals surface area contributed by atoms with E-state index >= 15 is 0 Å². The Bertz CT molecular complexity index is 589. The number of hydrogen-bond donors (Lipinski definition) is 1. The van der Waals surface area contributed by atoms with Crippen molar-refractivity contribution in [1.82, 2.24) is 5.32 Å². The normalized spacial score (nSPS) is 24.5. The Hall–Kier alpha value is -1.76. The minimum absolute atomic E-state index is 0.827. The molecule has 0 aromatic carbocycles. The maximum Gasteiger partial charge on any atom is 0.00353 e. The van der Waals surface area contributed by atoms with E-state index in [9.17, 15) is 0 Å². The summed E-state index contributed by atoms with van der Waals surface area (Å²) in [5, 5.41) is 3.13. The van der Waals surface area contributed by atoms with Crippen molar-refractivity contribution in [3.63, 3.8) is 0 Å². The highest BCUT2D eigenvalue weighted by atomic mass is 14.8. The number of nitrogens with one attached hydrogen (secondary N) is 1. The van der Waals surface area contributed by atoms with Gasteiger partial charge in [-0.2, -0.15) is 0 Å². The van der Waals surface area contributed by atoms with E-state index in [1.807, 2.05) is 19.3 Å². The van der Waals surface area contributed by atoms with Crippen LogP contribution in [0.1, 0.15) is 44.9 Å². The zero-order valence-corrected chi connectivity index (χ0v) is 13.7. The summed E-state index contributed by atoms with van der Waals surface area (Å²) in [6.07, 6.45) is 22.7. The van der Waals surface area contributed by atoms with Crippen LogP contribution in [0, 0.1) is 5.92 Å². The van der Waals surface area contributed by atoms with Gasteiger partial charge in [-0.05, 0) is 60.0 Å². The molecule has 1 N–H and O–H groups in total. The first-order valence-electron chi connectivity index (χ1n) is 8.65. The van der Waals surface area contributed by atoms with E-state index < -0.39 is 0 Å². The van der Waals surface area contributed by atoms with Gasteiger partial charge in [-0.25, -0.2) is 0 Å². The smallest absolute Gasteiger partial charge is 0.00353 e. The quantitative estimate of drug-likeness (QED) is 0.737. The molecule has 22 heavy (non-hydrogen) atoms. The third-order valence-corrected chi connectivity index (χ3v) is 5.13. The molecule has 0 heterocycles. The molecule has 0 atom stereocenters. The van der Waals surface area contributed by atoms with Crippen molar-refractivity contribution in [3.8, 4) is 0 Å². The minimum Gasteiger partial charge on any atom is -0.393 e. The Morgan fingerprint density at radius 3 is 2.64 bits per heavy atom. The van der Waals surface area contributed by atoms with E-state index in [4.69, 9.17) is 0 Å². The highest BCUT2D eigenvalue weighted by Crippen LogP contribution is 2.39. The van der Waals surface area contributed by atoms with Gasteiger partial charge in [0.2, 0.25) is 0 Å². The topological polar surface area (TPSA) is 12.0 Å². The summed E-state index contributed by atoms with van der Waals surface area (Å²) in [5.41, 5.74) is 7.01. The first-order valence-corrected chi connectivity index (χ1v) is 8.65. The highest BCUT2D eigenvalue weighted by molar-refractivity contribution is 5.60. The molecule has 1 fully saturated rings. The largest absolute Gasteiger partial charge is 0.393 e.